The lowest BCUT2D eigenvalue weighted by Crippen LogP contribution is -2.12. The van der Waals surface area contributed by atoms with Gasteiger partial charge in [0.15, 0.2) is 0 Å². The molecule has 0 aromatic heterocycles. The van der Waals surface area contributed by atoms with Gasteiger partial charge in [0.1, 0.15) is 0 Å². The van der Waals surface area contributed by atoms with Crippen molar-refractivity contribution in [3.63, 3.8) is 0 Å². The van der Waals surface area contributed by atoms with E-state index in [4.69, 9.17) is 9.05 Å². The normalized spacial score (nSPS) is 13.7. The molecule has 32 heavy (non-hydrogen) atoms. The van der Waals surface area contributed by atoms with E-state index >= 15 is 0 Å². The zero-order valence-corrected chi connectivity index (χ0v) is 22.9. The molecule has 0 radical (unpaired) electrons. The van der Waals surface area contributed by atoms with Gasteiger partial charge in [-0.2, -0.15) is 0 Å². The van der Waals surface area contributed by atoms with Gasteiger partial charge in [-0.05, 0) is 19.3 Å². The minimum absolute atomic E-state index is 0.156. The van der Waals surface area contributed by atoms with Crippen LogP contribution in [0.1, 0.15) is 162 Å². The maximum atomic E-state index is 12.2. The summed E-state index contributed by atoms with van der Waals surface area (Å²) in [4.78, 5) is 10.0. The second-order valence-corrected chi connectivity index (χ2v) is 11.0. The molecule has 0 aromatic carbocycles. The number of hydrogen-bond donors (Lipinski definition) is 1. The second kappa shape index (κ2) is 24.2. The van der Waals surface area contributed by atoms with Crippen LogP contribution in [0.2, 0.25) is 0 Å². The smallest absolute Gasteiger partial charge is 0.302 e. The van der Waals surface area contributed by atoms with Crippen molar-refractivity contribution in [2.75, 3.05) is 6.61 Å². The van der Waals surface area contributed by atoms with Crippen molar-refractivity contribution in [2.24, 2.45) is 0 Å². The Hall–Kier alpha value is 0.110. The fourth-order valence-corrected chi connectivity index (χ4v) is 5.17. The van der Waals surface area contributed by atoms with Crippen LogP contribution in [0.3, 0.4) is 0 Å². The highest BCUT2D eigenvalue weighted by Crippen LogP contribution is 2.46. The molecule has 0 rings (SSSR count). The zero-order chi connectivity index (χ0) is 23.8. The Bertz CT molecular complexity index is 408. The first-order chi connectivity index (χ1) is 15.6. The third kappa shape index (κ3) is 23.3. The molecule has 0 amide bonds. The summed E-state index contributed by atoms with van der Waals surface area (Å²) in [6.07, 6.45) is 26.8. The maximum Gasteiger partial charge on any atom is 0.472 e. The molecule has 0 spiro atoms. The lowest BCUT2D eigenvalue weighted by molar-refractivity contribution is 0.0907. The predicted molar refractivity (Wildman–Crippen MR) is 139 cm³/mol. The molecular formula is C27H57O4P. The minimum atomic E-state index is -3.92. The van der Waals surface area contributed by atoms with Crippen molar-refractivity contribution in [3.05, 3.63) is 0 Å². The molecule has 0 saturated carbocycles. The molecule has 4 nitrogen and oxygen atoms in total. The summed E-state index contributed by atoms with van der Waals surface area (Å²) in [6, 6.07) is 0. The maximum absolute atomic E-state index is 12.2. The Labute approximate surface area is 201 Å². The van der Waals surface area contributed by atoms with Gasteiger partial charge >= 0.3 is 7.82 Å². The number of phosphoric acid groups is 1. The first kappa shape index (κ1) is 32.1. The Balaban J connectivity index is 3.51. The van der Waals surface area contributed by atoms with E-state index in [1.807, 2.05) is 0 Å². The third-order valence-electron chi connectivity index (χ3n) is 6.29. The standard InChI is InChI=1S/C27H57O4P/c1-4-7-10-11-12-13-14-15-16-17-18-19-20-21-22-23-26-30-32(28,29)31-27(24-8-5-2)25-9-6-3/h27H,4-26H2,1-3H3,(H,28,29). The Morgan fingerprint density at radius 2 is 0.906 bits per heavy atom. The number of phosphoric ester groups is 1. The molecule has 1 N–H and O–H groups in total. The van der Waals surface area contributed by atoms with Gasteiger partial charge in [-0.25, -0.2) is 4.57 Å². The molecule has 1 atom stereocenters. The van der Waals surface area contributed by atoms with E-state index in [1.165, 1.54) is 89.9 Å². The summed E-state index contributed by atoms with van der Waals surface area (Å²) < 4.78 is 22.9. The lowest BCUT2D eigenvalue weighted by Gasteiger charge is -2.20. The molecule has 0 saturated heterocycles. The van der Waals surface area contributed by atoms with Gasteiger partial charge in [-0.15, -0.1) is 0 Å². The lowest BCUT2D eigenvalue weighted by atomic mass is 10.0. The van der Waals surface area contributed by atoms with Crippen LogP contribution in [0.15, 0.2) is 0 Å². The fourth-order valence-electron chi connectivity index (χ4n) is 4.16. The van der Waals surface area contributed by atoms with Crippen LogP contribution in [-0.2, 0) is 13.6 Å². The van der Waals surface area contributed by atoms with Crippen molar-refractivity contribution >= 4 is 7.82 Å². The molecule has 0 aliphatic rings. The highest BCUT2D eigenvalue weighted by atomic mass is 31.2. The van der Waals surface area contributed by atoms with Crippen LogP contribution >= 0.6 is 7.82 Å². The average molecular weight is 477 g/mol. The van der Waals surface area contributed by atoms with Gasteiger partial charge in [-0.3, -0.25) is 9.05 Å². The van der Waals surface area contributed by atoms with Crippen LogP contribution in [0, 0.1) is 0 Å². The summed E-state index contributed by atoms with van der Waals surface area (Å²) in [6.45, 7) is 6.85. The topological polar surface area (TPSA) is 55.8 Å². The summed E-state index contributed by atoms with van der Waals surface area (Å²) in [5.41, 5.74) is 0. The minimum Gasteiger partial charge on any atom is -0.302 e. The van der Waals surface area contributed by atoms with E-state index in [9.17, 15) is 9.46 Å². The summed E-state index contributed by atoms with van der Waals surface area (Å²) in [5, 5.41) is 0. The van der Waals surface area contributed by atoms with Crippen molar-refractivity contribution in [1.29, 1.82) is 0 Å². The first-order valence-electron chi connectivity index (χ1n) is 14.2. The number of unbranched alkanes of at least 4 members (excludes halogenated alkanes) is 17. The quantitative estimate of drug-likeness (QED) is 0.0996. The van der Waals surface area contributed by atoms with Crippen molar-refractivity contribution in [2.45, 2.75) is 168 Å². The molecule has 0 aromatic rings. The predicted octanol–water partition coefficient (Wildman–Crippen LogP) is 10.1. The van der Waals surface area contributed by atoms with E-state index in [0.29, 0.717) is 6.61 Å². The van der Waals surface area contributed by atoms with Crippen LogP contribution in [0.25, 0.3) is 0 Å². The first-order valence-corrected chi connectivity index (χ1v) is 15.7. The third-order valence-corrected chi connectivity index (χ3v) is 7.37. The van der Waals surface area contributed by atoms with Crippen LogP contribution in [-0.4, -0.2) is 17.6 Å². The molecular weight excluding hydrogens is 419 g/mol. The average Bonchev–Trinajstić information content (AvgIpc) is 2.77. The van der Waals surface area contributed by atoms with E-state index in [-0.39, 0.29) is 6.10 Å². The Morgan fingerprint density at radius 1 is 0.562 bits per heavy atom. The molecule has 1 unspecified atom stereocenters. The molecule has 5 heteroatoms. The van der Waals surface area contributed by atoms with Crippen molar-refractivity contribution < 1.29 is 18.5 Å². The summed E-state index contributed by atoms with van der Waals surface area (Å²) in [5.74, 6) is 0. The summed E-state index contributed by atoms with van der Waals surface area (Å²) >= 11 is 0. The largest absolute Gasteiger partial charge is 0.472 e. The molecule has 0 bridgehead atoms. The van der Waals surface area contributed by atoms with E-state index in [0.717, 1.165) is 51.4 Å². The van der Waals surface area contributed by atoms with Gasteiger partial charge in [0.25, 0.3) is 0 Å². The van der Waals surface area contributed by atoms with E-state index < -0.39 is 7.82 Å². The van der Waals surface area contributed by atoms with E-state index in [1.54, 1.807) is 0 Å². The van der Waals surface area contributed by atoms with Gasteiger partial charge in [-0.1, -0.05) is 143 Å². The number of hydrogen-bond acceptors (Lipinski definition) is 3. The zero-order valence-electron chi connectivity index (χ0n) is 22.0. The van der Waals surface area contributed by atoms with Gasteiger partial charge < -0.3 is 4.89 Å². The van der Waals surface area contributed by atoms with Crippen LogP contribution in [0.5, 0.6) is 0 Å². The number of rotatable bonds is 26. The monoisotopic (exact) mass is 476 g/mol. The van der Waals surface area contributed by atoms with Crippen molar-refractivity contribution in [1.82, 2.24) is 0 Å². The second-order valence-electron chi connectivity index (χ2n) is 9.62. The van der Waals surface area contributed by atoms with Gasteiger partial charge in [0.05, 0.1) is 12.7 Å². The van der Waals surface area contributed by atoms with Gasteiger partial charge in [0.2, 0.25) is 0 Å². The van der Waals surface area contributed by atoms with E-state index in [2.05, 4.69) is 20.8 Å². The molecule has 194 valence electrons. The van der Waals surface area contributed by atoms with Crippen LogP contribution < -0.4 is 0 Å². The Kier molecular flexibility index (Phi) is 24.3. The Morgan fingerprint density at radius 3 is 1.28 bits per heavy atom. The molecule has 0 aliphatic heterocycles. The molecule has 0 fully saturated rings. The molecule has 0 aliphatic carbocycles. The van der Waals surface area contributed by atoms with Crippen molar-refractivity contribution in [3.8, 4) is 0 Å². The molecule has 0 heterocycles. The summed E-state index contributed by atoms with van der Waals surface area (Å²) in [7, 11) is -3.92. The van der Waals surface area contributed by atoms with Crippen LogP contribution in [0.4, 0.5) is 0 Å². The van der Waals surface area contributed by atoms with Gasteiger partial charge in [0, 0.05) is 0 Å². The highest BCUT2D eigenvalue weighted by Gasteiger charge is 2.25. The highest BCUT2D eigenvalue weighted by molar-refractivity contribution is 7.47. The SMILES string of the molecule is CCCCCCCCCCCCCCCCCCOP(=O)(O)OC(CCCC)CCCC. The fraction of sp³-hybridized carbons (Fsp3) is 1.00.